The lowest BCUT2D eigenvalue weighted by atomic mass is 9.97. The van der Waals surface area contributed by atoms with Crippen LogP contribution in [0.25, 0.3) is 10.9 Å². The van der Waals surface area contributed by atoms with Gasteiger partial charge in [-0.3, -0.25) is 5.32 Å². The van der Waals surface area contributed by atoms with Gasteiger partial charge in [0.2, 0.25) is 0 Å². The van der Waals surface area contributed by atoms with E-state index in [0.29, 0.717) is 5.75 Å². The summed E-state index contributed by atoms with van der Waals surface area (Å²) < 4.78 is 5.52. The Labute approximate surface area is 170 Å². The van der Waals surface area contributed by atoms with Gasteiger partial charge in [0.15, 0.2) is 0 Å². The Morgan fingerprint density at radius 2 is 1.59 bits per heavy atom. The summed E-state index contributed by atoms with van der Waals surface area (Å²) in [6.07, 6.45) is 2.80. The van der Waals surface area contributed by atoms with Crippen molar-refractivity contribution < 1.29 is 9.53 Å². The van der Waals surface area contributed by atoms with Gasteiger partial charge in [-0.25, -0.2) is 4.79 Å². The van der Waals surface area contributed by atoms with Crippen molar-refractivity contribution in [2.75, 3.05) is 0 Å². The molecule has 4 nitrogen and oxygen atoms in total. The van der Waals surface area contributed by atoms with Crippen molar-refractivity contribution in [1.29, 1.82) is 0 Å². The zero-order valence-corrected chi connectivity index (χ0v) is 16.3. The first-order valence-electron chi connectivity index (χ1n) is 9.83. The third kappa shape index (κ3) is 4.55. The first-order chi connectivity index (χ1) is 14.2. The van der Waals surface area contributed by atoms with Gasteiger partial charge in [-0.05, 0) is 42.7 Å². The third-order valence-corrected chi connectivity index (χ3v) is 5.05. The van der Waals surface area contributed by atoms with Crippen LogP contribution in [0.2, 0.25) is 0 Å². The highest BCUT2D eigenvalue weighted by molar-refractivity contribution is 5.84. The number of esters is 1. The number of hydrogen-bond donors (Lipinski definition) is 2. The number of hydrogen-bond acceptors (Lipinski definition) is 3. The quantitative estimate of drug-likeness (QED) is 0.347. The van der Waals surface area contributed by atoms with Gasteiger partial charge >= 0.3 is 5.97 Å². The van der Waals surface area contributed by atoms with E-state index in [1.165, 1.54) is 5.56 Å². The fourth-order valence-electron chi connectivity index (χ4n) is 3.55. The number of benzene rings is 3. The molecule has 0 aliphatic rings. The summed E-state index contributed by atoms with van der Waals surface area (Å²) in [5.74, 6) is 0.256. The molecular formula is C25H24N2O2. The molecule has 2 N–H and O–H groups in total. The van der Waals surface area contributed by atoms with Crippen LogP contribution in [-0.4, -0.2) is 17.0 Å². The number of aromatic nitrogens is 1. The number of para-hydroxylation sites is 2. The minimum absolute atomic E-state index is 0.0353. The maximum atomic E-state index is 12.6. The Kier molecular flexibility index (Phi) is 5.73. The minimum atomic E-state index is -0.461. The third-order valence-electron chi connectivity index (χ3n) is 5.05. The number of nitrogens with one attached hydrogen (secondary N) is 2. The second-order valence-electron chi connectivity index (χ2n) is 7.15. The van der Waals surface area contributed by atoms with E-state index >= 15 is 0 Å². The van der Waals surface area contributed by atoms with E-state index in [4.69, 9.17) is 4.74 Å². The van der Waals surface area contributed by atoms with Crippen LogP contribution in [0.3, 0.4) is 0 Å². The summed E-state index contributed by atoms with van der Waals surface area (Å²) in [4.78, 5) is 16.0. The molecule has 29 heavy (non-hydrogen) atoms. The Hall–Kier alpha value is -3.37. The molecule has 4 aromatic rings. The molecular weight excluding hydrogens is 360 g/mol. The summed E-state index contributed by atoms with van der Waals surface area (Å²) in [6, 6.07) is 27.2. The fourth-order valence-corrected chi connectivity index (χ4v) is 3.55. The van der Waals surface area contributed by atoms with Gasteiger partial charge in [-0.15, -0.1) is 0 Å². The molecule has 0 saturated heterocycles. The molecule has 0 fully saturated rings. The van der Waals surface area contributed by atoms with E-state index in [9.17, 15) is 4.79 Å². The van der Waals surface area contributed by atoms with E-state index in [0.717, 1.165) is 22.9 Å². The highest BCUT2D eigenvalue weighted by Crippen LogP contribution is 2.27. The van der Waals surface area contributed by atoms with E-state index in [-0.39, 0.29) is 12.0 Å². The molecule has 0 bridgehead atoms. The van der Waals surface area contributed by atoms with Gasteiger partial charge < -0.3 is 9.72 Å². The predicted molar refractivity (Wildman–Crippen MR) is 116 cm³/mol. The van der Waals surface area contributed by atoms with Crippen LogP contribution >= 0.6 is 0 Å². The number of fused-ring (bicyclic) bond motifs is 1. The Balaban J connectivity index is 1.57. The van der Waals surface area contributed by atoms with Crippen molar-refractivity contribution in [3.8, 4) is 5.75 Å². The maximum absolute atomic E-state index is 12.6. The van der Waals surface area contributed by atoms with Crippen molar-refractivity contribution in [2.24, 2.45) is 0 Å². The largest absolute Gasteiger partial charge is 0.425 e. The van der Waals surface area contributed by atoms with Crippen molar-refractivity contribution in [3.05, 3.63) is 102 Å². The molecule has 0 radical (unpaired) electrons. The summed E-state index contributed by atoms with van der Waals surface area (Å²) in [6.45, 7) is 1.85. The van der Waals surface area contributed by atoms with E-state index in [1.54, 1.807) is 12.1 Å². The Bertz CT molecular complexity index is 1070. The number of ether oxygens (including phenoxy) is 1. The average Bonchev–Trinajstić information content (AvgIpc) is 3.19. The standard InChI is InChI=1S/C25H24N2O2/c1-18(25(28)29-20-12-6-3-7-13-20)27-24(16-19-10-4-2-5-11-19)22-17-26-23-15-9-8-14-21(22)23/h2-15,17-18,24,26-27H,16H2,1H3. The topological polar surface area (TPSA) is 54.1 Å². The molecule has 3 aromatic carbocycles. The number of aromatic amines is 1. The second-order valence-corrected chi connectivity index (χ2v) is 7.15. The molecule has 0 saturated carbocycles. The lowest BCUT2D eigenvalue weighted by Gasteiger charge is -2.23. The monoisotopic (exact) mass is 384 g/mol. The van der Waals surface area contributed by atoms with Gasteiger partial charge in [-0.1, -0.05) is 66.7 Å². The van der Waals surface area contributed by atoms with Gasteiger partial charge in [0, 0.05) is 23.1 Å². The number of carbonyl (C=O) groups excluding carboxylic acids is 1. The molecule has 2 unspecified atom stereocenters. The van der Waals surface area contributed by atoms with Gasteiger partial charge in [-0.2, -0.15) is 0 Å². The highest BCUT2D eigenvalue weighted by Gasteiger charge is 2.23. The Morgan fingerprint density at radius 1 is 0.931 bits per heavy atom. The molecule has 0 aliphatic carbocycles. The molecule has 4 rings (SSSR count). The van der Waals surface area contributed by atoms with Crippen LogP contribution in [0, 0.1) is 0 Å². The molecule has 146 valence electrons. The van der Waals surface area contributed by atoms with Crippen LogP contribution in [-0.2, 0) is 11.2 Å². The molecule has 1 aromatic heterocycles. The Morgan fingerprint density at radius 3 is 2.34 bits per heavy atom. The molecule has 0 amide bonds. The first-order valence-corrected chi connectivity index (χ1v) is 9.83. The predicted octanol–water partition coefficient (Wildman–Crippen LogP) is 5.04. The van der Waals surface area contributed by atoms with Gasteiger partial charge in [0.25, 0.3) is 0 Å². The van der Waals surface area contributed by atoms with Crippen molar-refractivity contribution in [3.63, 3.8) is 0 Å². The summed E-state index contributed by atoms with van der Waals surface area (Å²) in [5, 5.41) is 4.64. The second kappa shape index (κ2) is 8.76. The minimum Gasteiger partial charge on any atom is -0.425 e. The lowest BCUT2D eigenvalue weighted by molar-refractivity contribution is -0.136. The van der Waals surface area contributed by atoms with Gasteiger partial charge in [0.05, 0.1) is 0 Å². The van der Waals surface area contributed by atoms with E-state index < -0.39 is 6.04 Å². The summed E-state index contributed by atoms with van der Waals surface area (Å²) >= 11 is 0. The number of H-pyrrole nitrogens is 1. The van der Waals surface area contributed by atoms with Crippen LogP contribution in [0.1, 0.15) is 24.1 Å². The molecule has 0 aliphatic heterocycles. The first kappa shape index (κ1) is 19.0. The van der Waals surface area contributed by atoms with E-state index in [2.05, 4.69) is 34.6 Å². The van der Waals surface area contributed by atoms with Gasteiger partial charge in [0.1, 0.15) is 11.8 Å². The summed E-state index contributed by atoms with van der Waals surface area (Å²) in [5.41, 5.74) is 3.43. The molecule has 2 atom stereocenters. The average molecular weight is 384 g/mol. The molecule has 1 heterocycles. The lowest BCUT2D eigenvalue weighted by Crippen LogP contribution is -2.40. The van der Waals surface area contributed by atoms with Crippen LogP contribution in [0.5, 0.6) is 5.75 Å². The van der Waals surface area contributed by atoms with Crippen LogP contribution in [0.4, 0.5) is 0 Å². The van der Waals surface area contributed by atoms with Crippen molar-refractivity contribution in [1.82, 2.24) is 10.3 Å². The zero-order valence-electron chi connectivity index (χ0n) is 16.3. The zero-order chi connectivity index (χ0) is 20.1. The number of rotatable bonds is 7. The van der Waals surface area contributed by atoms with Crippen LogP contribution in [0.15, 0.2) is 91.1 Å². The summed E-state index contributed by atoms with van der Waals surface area (Å²) in [7, 11) is 0. The normalized spacial score (nSPS) is 13.1. The SMILES string of the molecule is CC(NC(Cc1ccccc1)c1c[nH]c2ccccc12)C(=O)Oc1ccccc1. The smallest absolute Gasteiger partial charge is 0.328 e. The van der Waals surface area contributed by atoms with E-state index in [1.807, 2.05) is 61.7 Å². The maximum Gasteiger partial charge on any atom is 0.328 e. The molecule has 4 heteroatoms. The van der Waals surface area contributed by atoms with Crippen molar-refractivity contribution in [2.45, 2.75) is 25.4 Å². The molecule has 0 spiro atoms. The highest BCUT2D eigenvalue weighted by atomic mass is 16.5. The number of carbonyl (C=O) groups is 1. The fraction of sp³-hybridized carbons (Fsp3) is 0.160. The van der Waals surface area contributed by atoms with Crippen LogP contribution < -0.4 is 10.1 Å². The van der Waals surface area contributed by atoms with Crippen molar-refractivity contribution >= 4 is 16.9 Å².